The maximum absolute atomic E-state index is 13.5. The molecule has 14 nitrogen and oxygen atoms in total. The van der Waals surface area contributed by atoms with E-state index in [-0.39, 0.29) is 24.8 Å². The van der Waals surface area contributed by atoms with Crippen molar-refractivity contribution in [1.29, 1.82) is 0 Å². The van der Waals surface area contributed by atoms with Crippen molar-refractivity contribution in [2.75, 3.05) is 26.3 Å². The first kappa shape index (κ1) is 54.4. The molecule has 376 valence electrons. The Hall–Kier alpha value is -6.96. The molecule has 18 heteroatoms. The average Bonchev–Trinajstić information content (AvgIpc) is 3.38. The Kier molecular flexibility index (Phi) is 19.2. The minimum absolute atomic E-state index is 0.0151. The van der Waals surface area contributed by atoms with E-state index in [9.17, 15) is 38.2 Å². The van der Waals surface area contributed by atoms with E-state index < -0.39 is 42.3 Å². The third-order valence-electron chi connectivity index (χ3n) is 12.5. The largest absolute Gasteiger partial charge is 0.488 e. The normalized spacial score (nSPS) is 17.3. The second kappa shape index (κ2) is 25.4. The molecular formula is C54H56BBrF2N4O10. The molecule has 4 amide bonds. The number of halogens is 3. The van der Waals surface area contributed by atoms with Gasteiger partial charge in [-0.05, 0) is 119 Å². The number of hydrogen-bond acceptors (Lipinski definition) is 10. The molecule has 2 saturated heterocycles. The summed E-state index contributed by atoms with van der Waals surface area (Å²) in [4.78, 5) is 51.1. The van der Waals surface area contributed by atoms with Gasteiger partial charge in [0.25, 0.3) is 0 Å². The lowest BCUT2D eigenvalue weighted by molar-refractivity contribution is -0.0630. The molecule has 8 N–H and O–H groups in total. The summed E-state index contributed by atoms with van der Waals surface area (Å²) < 4.78 is 39.6. The van der Waals surface area contributed by atoms with Crippen molar-refractivity contribution in [3.63, 3.8) is 0 Å². The Morgan fingerprint density at radius 3 is 1.43 bits per heavy atom. The van der Waals surface area contributed by atoms with Crippen LogP contribution in [0, 0.1) is 11.6 Å². The number of cyclic esters (lactones) is 2. The summed E-state index contributed by atoms with van der Waals surface area (Å²) in [5.74, 6) is -1.70. The molecule has 2 aliphatic heterocycles. The molecule has 6 aromatic rings. The van der Waals surface area contributed by atoms with Gasteiger partial charge in [-0.2, -0.15) is 0 Å². The van der Waals surface area contributed by atoms with E-state index in [0.29, 0.717) is 81.3 Å². The number of carbonyl (C=O) groups excluding carboxylic acids is 4. The summed E-state index contributed by atoms with van der Waals surface area (Å²) in [7, 11) is -1.51. The molecule has 2 heterocycles. The molecule has 72 heavy (non-hydrogen) atoms. The molecule has 8 rings (SSSR count). The fourth-order valence-electron chi connectivity index (χ4n) is 8.56. The number of benzene rings is 6. The van der Waals surface area contributed by atoms with Crippen molar-refractivity contribution >= 4 is 52.5 Å². The number of rotatable bonds is 16. The summed E-state index contributed by atoms with van der Waals surface area (Å²) in [6, 6.07) is 40.4. The molecule has 0 bridgehead atoms. The smallest absolute Gasteiger partial charge is 0.438 e. The van der Waals surface area contributed by atoms with Gasteiger partial charge in [0, 0.05) is 61.3 Å². The van der Waals surface area contributed by atoms with Crippen molar-refractivity contribution in [2.24, 2.45) is 11.5 Å². The van der Waals surface area contributed by atoms with Crippen LogP contribution < -0.4 is 16.9 Å². The lowest BCUT2D eigenvalue weighted by Crippen LogP contribution is -2.47. The van der Waals surface area contributed by atoms with Crippen molar-refractivity contribution in [3.8, 4) is 11.1 Å². The van der Waals surface area contributed by atoms with E-state index in [1.807, 2.05) is 60.7 Å². The number of amides is 4. The number of nitrogens with two attached hydrogens (primary N) is 2. The maximum atomic E-state index is 13.5. The molecule has 0 saturated carbocycles. The number of nitrogens with zero attached hydrogens (tertiary/aromatic N) is 2. The topological polar surface area (TPSA) is 226 Å². The highest BCUT2D eigenvalue weighted by Crippen LogP contribution is 2.41. The van der Waals surface area contributed by atoms with Crippen molar-refractivity contribution in [1.82, 2.24) is 9.80 Å². The minimum Gasteiger partial charge on any atom is -0.438 e. The van der Waals surface area contributed by atoms with E-state index in [2.05, 4.69) is 15.9 Å². The van der Waals surface area contributed by atoms with Gasteiger partial charge in [-0.1, -0.05) is 107 Å². The first-order chi connectivity index (χ1) is 34.6. The van der Waals surface area contributed by atoms with E-state index in [1.165, 1.54) is 48.5 Å². The van der Waals surface area contributed by atoms with Crippen molar-refractivity contribution < 1.29 is 57.7 Å². The Morgan fingerprint density at radius 1 is 0.597 bits per heavy atom. The Morgan fingerprint density at radius 2 is 1.01 bits per heavy atom. The average molecular weight is 1050 g/mol. The summed E-state index contributed by atoms with van der Waals surface area (Å²) in [6.07, 6.45) is 2.21. The second-order valence-electron chi connectivity index (χ2n) is 17.3. The maximum Gasteiger partial charge on any atom is 0.488 e. The number of aliphatic hydroxyl groups is 2. The molecule has 6 aromatic carbocycles. The van der Waals surface area contributed by atoms with Crippen LogP contribution in [0.2, 0.25) is 0 Å². The monoisotopic (exact) mass is 1050 g/mol. The van der Waals surface area contributed by atoms with Crippen molar-refractivity contribution in [3.05, 3.63) is 195 Å². The van der Waals surface area contributed by atoms with Gasteiger partial charge in [0.05, 0.1) is 6.54 Å². The quantitative estimate of drug-likeness (QED) is 0.0519. The Bertz CT molecular complexity index is 2770. The molecular weight excluding hydrogens is 993 g/mol. The van der Waals surface area contributed by atoms with Gasteiger partial charge in [-0.25, -0.2) is 18.4 Å². The molecule has 0 spiro atoms. The predicted octanol–water partition coefficient (Wildman–Crippen LogP) is 7.67. The summed E-state index contributed by atoms with van der Waals surface area (Å²) in [5.41, 5.74) is 15.0. The highest BCUT2D eigenvalue weighted by atomic mass is 79.9. The van der Waals surface area contributed by atoms with Gasteiger partial charge < -0.3 is 51.0 Å². The summed E-state index contributed by atoms with van der Waals surface area (Å²) in [6.45, 7) is 1.79. The molecule has 0 aliphatic carbocycles. The van der Waals surface area contributed by atoms with Crippen LogP contribution in [0.15, 0.2) is 150 Å². The first-order valence-electron chi connectivity index (χ1n) is 23.2. The standard InChI is InChI=1S/C27H27FN2O4.C20H21BrFNO3.C7H8BNO3/c28-23-12-10-22(11-13-23)27(14-3-17-31)15-16-30(26(33)34-27)18-21-4-1-2-5-24(21)19-6-8-20(9-7-19)25(29)32;21-18-5-2-1-4-15(18)14-23-12-11-20(10-3-13-24,26-19(23)25)16-6-8-17(22)9-7-16;9-7(10)5-1-3-6(4-2-5)8(11)12/h1-2,4-13,31H,3,14-18H2,(H2,29,32);1-2,4-9,24H,3,10-14H2;1-4,11-12H,(H2,9,10). The lowest BCUT2D eigenvalue weighted by Gasteiger charge is -2.42. The number of ether oxygens (including phenoxy) is 2. The minimum atomic E-state index is -1.51. The van der Waals surface area contributed by atoms with E-state index in [4.69, 9.17) is 31.0 Å². The summed E-state index contributed by atoms with van der Waals surface area (Å²) >= 11 is 3.50. The molecule has 2 fully saturated rings. The zero-order valence-corrected chi connectivity index (χ0v) is 40.9. The predicted molar refractivity (Wildman–Crippen MR) is 271 cm³/mol. The van der Waals surface area contributed by atoms with Crippen LogP contribution in [-0.2, 0) is 33.8 Å². The third-order valence-corrected chi connectivity index (χ3v) is 13.3. The van der Waals surface area contributed by atoms with Crippen LogP contribution in [0.25, 0.3) is 11.1 Å². The van der Waals surface area contributed by atoms with Crippen LogP contribution in [0.3, 0.4) is 0 Å². The third kappa shape index (κ3) is 14.1. The van der Waals surface area contributed by atoms with Gasteiger partial charge >= 0.3 is 19.3 Å². The van der Waals surface area contributed by atoms with Gasteiger partial charge in [0.2, 0.25) is 11.8 Å². The number of hydrogen-bond donors (Lipinski definition) is 6. The fraction of sp³-hybridized carbons (Fsp3) is 0.259. The van der Waals surface area contributed by atoms with Gasteiger partial charge in [-0.15, -0.1) is 0 Å². The second-order valence-corrected chi connectivity index (χ2v) is 18.1. The van der Waals surface area contributed by atoms with E-state index >= 15 is 0 Å². The van der Waals surface area contributed by atoms with Crippen LogP contribution in [0.5, 0.6) is 0 Å². The van der Waals surface area contributed by atoms with Gasteiger partial charge in [-0.3, -0.25) is 9.59 Å². The number of carbonyl (C=O) groups is 4. The highest BCUT2D eigenvalue weighted by Gasteiger charge is 2.43. The molecule has 2 atom stereocenters. The Labute approximate surface area is 425 Å². The molecule has 2 aliphatic rings. The van der Waals surface area contributed by atoms with E-state index in [0.717, 1.165) is 37.9 Å². The molecule has 0 radical (unpaired) electrons. The van der Waals surface area contributed by atoms with Crippen LogP contribution in [0.4, 0.5) is 18.4 Å². The summed E-state index contributed by atoms with van der Waals surface area (Å²) in [5, 5.41) is 36.0. The molecule has 2 unspecified atom stereocenters. The number of aliphatic hydroxyl groups excluding tert-OH is 2. The van der Waals surface area contributed by atoms with Gasteiger partial charge in [0.1, 0.15) is 22.8 Å². The zero-order valence-electron chi connectivity index (χ0n) is 39.3. The van der Waals surface area contributed by atoms with Crippen LogP contribution in [0.1, 0.15) is 81.5 Å². The molecule has 0 aromatic heterocycles. The number of primary amides is 2. The zero-order chi connectivity index (χ0) is 51.8. The first-order valence-corrected chi connectivity index (χ1v) is 24.0. The van der Waals surface area contributed by atoms with Gasteiger partial charge in [0.15, 0.2) is 0 Å². The van der Waals surface area contributed by atoms with Crippen molar-refractivity contribution in [2.45, 2.75) is 62.8 Å². The van der Waals surface area contributed by atoms with E-state index in [1.54, 1.807) is 46.2 Å². The van der Waals surface area contributed by atoms with Crippen LogP contribution >= 0.6 is 15.9 Å². The SMILES string of the molecule is NC(=O)c1ccc(-c2ccccc2CN2CCC(CCCO)(c3ccc(F)cc3)OC2=O)cc1.NC(=O)c1ccc(B(O)O)cc1.O=C1OC(CCCO)(c2ccc(F)cc2)CCN1Cc1ccccc1Br. The lowest BCUT2D eigenvalue weighted by atomic mass is 9.80. The fourth-order valence-corrected chi connectivity index (χ4v) is 8.97. The highest BCUT2D eigenvalue weighted by molar-refractivity contribution is 9.10. The Balaban J connectivity index is 0.000000196. The van der Waals surface area contributed by atoms with Crippen LogP contribution in [-0.4, -0.2) is 87.5 Å².